The first-order chi connectivity index (χ1) is 13.3. The number of benzene rings is 1. The highest BCUT2D eigenvalue weighted by atomic mass is 79.9. The van der Waals surface area contributed by atoms with E-state index >= 15 is 0 Å². The molecule has 0 saturated heterocycles. The van der Waals surface area contributed by atoms with Crippen molar-refractivity contribution in [3.8, 4) is 6.07 Å². The summed E-state index contributed by atoms with van der Waals surface area (Å²) in [5, 5.41) is 11.6. The minimum Gasteiger partial charge on any atom is -0.340 e. The summed E-state index contributed by atoms with van der Waals surface area (Å²) < 4.78 is 14.7. The molecular weight excluding hydrogens is 429 g/mol. The maximum Gasteiger partial charge on any atom is 0.239 e. The second-order valence-electron chi connectivity index (χ2n) is 6.25. The van der Waals surface area contributed by atoms with Gasteiger partial charge in [-0.15, -0.1) is 0 Å². The lowest BCUT2D eigenvalue weighted by atomic mass is 10.1. The summed E-state index contributed by atoms with van der Waals surface area (Å²) in [4.78, 5) is 31.4. The number of carbonyl (C=O) groups excluding carboxylic acids is 2. The van der Waals surface area contributed by atoms with E-state index in [2.05, 4.69) is 26.2 Å². The van der Waals surface area contributed by atoms with Crippen molar-refractivity contribution < 1.29 is 14.0 Å². The number of nitrogens with zero attached hydrogens (tertiary/aromatic N) is 4. The first-order valence-corrected chi connectivity index (χ1v) is 9.10. The Morgan fingerprint density at radius 1 is 1.25 bits per heavy atom. The van der Waals surface area contributed by atoms with Crippen LogP contribution in [0.3, 0.4) is 0 Å². The molecule has 2 rings (SSSR count). The number of hydrogen-bond donors (Lipinski definition) is 1. The summed E-state index contributed by atoms with van der Waals surface area (Å²) in [6.45, 7) is 0.00981. The highest BCUT2D eigenvalue weighted by Gasteiger charge is 2.16. The van der Waals surface area contributed by atoms with Crippen molar-refractivity contribution >= 4 is 33.6 Å². The van der Waals surface area contributed by atoms with Gasteiger partial charge in [-0.1, -0.05) is 0 Å². The fraction of sp³-hybridized carbons (Fsp3) is 0.263. The molecule has 0 aliphatic carbocycles. The topological polar surface area (TPSA) is 89.3 Å². The normalized spacial score (nSPS) is 10.4. The first kappa shape index (κ1) is 21.5. The van der Waals surface area contributed by atoms with E-state index in [1.807, 2.05) is 6.07 Å². The number of rotatable bonds is 7. The molecule has 9 heteroatoms. The Labute approximate surface area is 170 Å². The summed E-state index contributed by atoms with van der Waals surface area (Å²) in [6.07, 6.45) is 1.57. The zero-order chi connectivity index (χ0) is 20.7. The van der Waals surface area contributed by atoms with Gasteiger partial charge < -0.3 is 10.2 Å². The van der Waals surface area contributed by atoms with Crippen LogP contribution in [0.2, 0.25) is 0 Å². The van der Waals surface area contributed by atoms with E-state index in [-0.39, 0.29) is 37.0 Å². The number of likely N-dealkylation sites (N-methyl/N-ethyl adjacent to an activating group) is 2. The standard InChI is InChI=1S/C19H19BrFN5O2/c1-25(11-18(27)24-17-6-4-15(20)9-23-17)12-19(28)26(2)10-14-7-13(8-22)3-5-16(14)21/h3-7,9H,10-12H2,1-2H3,(H,23,24,27). The second-order valence-corrected chi connectivity index (χ2v) is 7.17. The van der Waals surface area contributed by atoms with Crippen molar-refractivity contribution in [2.45, 2.75) is 6.54 Å². The number of halogens is 2. The number of nitrogens with one attached hydrogen (secondary N) is 1. The lowest BCUT2D eigenvalue weighted by Gasteiger charge is -2.22. The zero-order valence-corrected chi connectivity index (χ0v) is 17.0. The Bertz CT molecular complexity index is 898. The fourth-order valence-electron chi connectivity index (χ4n) is 2.39. The van der Waals surface area contributed by atoms with Crippen LogP contribution in [0.25, 0.3) is 0 Å². The van der Waals surface area contributed by atoms with E-state index in [4.69, 9.17) is 5.26 Å². The van der Waals surface area contributed by atoms with Crippen molar-refractivity contribution in [3.05, 3.63) is 57.9 Å². The van der Waals surface area contributed by atoms with E-state index in [0.717, 1.165) is 4.47 Å². The summed E-state index contributed by atoms with van der Waals surface area (Å²) in [5.41, 5.74) is 0.587. The van der Waals surface area contributed by atoms with Gasteiger partial charge in [0.25, 0.3) is 0 Å². The van der Waals surface area contributed by atoms with Crippen molar-refractivity contribution in [1.82, 2.24) is 14.8 Å². The van der Waals surface area contributed by atoms with Crippen LogP contribution in [-0.2, 0) is 16.1 Å². The molecule has 0 bridgehead atoms. The predicted molar refractivity (Wildman–Crippen MR) is 106 cm³/mol. The van der Waals surface area contributed by atoms with Crippen LogP contribution in [0.5, 0.6) is 0 Å². The van der Waals surface area contributed by atoms with Gasteiger partial charge in [0.2, 0.25) is 11.8 Å². The SMILES string of the molecule is CN(CC(=O)Nc1ccc(Br)cn1)CC(=O)N(C)Cc1cc(C#N)ccc1F. The van der Waals surface area contributed by atoms with Gasteiger partial charge in [0.05, 0.1) is 24.7 Å². The molecule has 1 aromatic heterocycles. The van der Waals surface area contributed by atoms with Gasteiger partial charge in [0, 0.05) is 29.8 Å². The molecule has 1 aromatic carbocycles. The summed E-state index contributed by atoms with van der Waals surface area (Å²) in [7, 11) is 3.18. The lowest BCUT2D eigenvalue weighted by Crippen LogP contribution is -2.39. The van der Waals surface area contributed by atoms with Gasteiger partial charge in [-0.2, -0.15) is 5.26 Å². The van der Waals surface area contributed by atoms with Crippen molar-refractivity contribution in [2.24, 2.45) is 0 Å². The highest BCUT2D eigenvalue weighted by Crippen LogP contribution is 2.13. The molecule has 1 N–H and O–H groups in total. The summed E-state index contributed by atoms with van der Waals surface area (Å²) in [6, 6.07) is 9.36. The Morgan fingerprint density at radius 3 is 2.64 bits per heavy atom. The summed E-state index contributed by atoms with van der Waals surface area (Å²) >= 11 is 3.26. The van der Waals surface area contributed by atoms with Crippen LogP contribution >= 0.6 is 15.9 Å². The lowest BCUT2D eigenvalue weighted by molar-refractivity contribution is -0.131. The van der Waals surface area contributed by atoms with E-state index in [9.17, 15) is 14.0 Å². The Kier molecular flexibility index (Phi) is 7.61. The van der Waals surface area contributed by atoms with Crippen molar-refractivity contribution in [3.63, 3.8) is 0 Å². The van der Waals surface area contributed by atoms with Gasteiger partial charge >= 0.3 is 0 Å². The van der Waals surface area contributed by atoms with Crippen molar-refractivity contribution in [1.29, 1.82) is 5.26 Å². The smallest absolute Gasteiger partial charge is 0.239 e. The van der Waals surface area contributed by atoms with Gasteiger partial charge in [0.1, 0.15) is 11.6 Å². The van der Waals surface area contributed by atoms with Crippen LogP contribution in [0.15, 0.2) is 41.0 Å². The molecule has 0 spiro atoms. The molecule has 0 saturated carbocycles. The number of amides is 2. The molecule has 28 heavy (non-hydrogen) atoms. The average Bonchev–Trinajstić information content (AvgIpc) is 2.65. The number of carbonyl (C=O) groups is 2. The highest BCUT2D eigenvalue weighted by molar-refractivity contribution is 9.10. The molecule has 0 aliphatic rings. The van der Waals surface area contributed by atoms with Crippen LogP contribution < -0.4 is 5.32 Å². The quantitative estimate of drug-likeness (QED) is 0.703. The largest absolute Gasteiger partial charge is 0.340 e. The zero-order valence-electron chi connectivity index (χ0n) is 15.4. The molecule has 0 fully saturated rings. The maximum atomic E-state index is 13.9. The average molecular weight is 448 g/mol. The first-order valence-electron chi connectivity index (χ1n) is 8.31. The Hall–Kier alpha value is -2.83. The van der Waals surface area contributed by atoms with Gasteiger partial charge in [-0.3, -0.25) is 14.5 Å². The van der Waals surface area contributed by atoms with Gasteiger partial charge in [-0.25, -0.2) is 9.37 Å². The van der Waals surface area contributed by atoms with Crippen LogP contribution in [0.1, 0.15) is 11.1 Å². The van der Waals surface area contributed by atoms with E-state index in [1.165, 1.54) is 23.1 Å². The van der Waals surface area contributed by atoms with E-state index in [0.29, 0.717) is 11.4 Å². The molecule has 1 heterocycles. The predicted octanol–water partition coefficient (Wildman–Crippen LogP) is 2.38. The minimum atomic E-state index is -0.478. The molecule has 0 atom stereocenters. The summed E-state index contributed by atoms with van der Waals surface area (Å²) in [5.74, 6) is -0.648. The molecule has 0 unspecified atom stereocenters. The Morgan fingerprint density at radius 2 is 2.00 bits per heavy atom. The second kappa shape index (κ2) is 9.92. The monoisotopic (exact) mass is 447 g/mol. The number of anilines is 1. The number of hydrogen-bond acceptors (Lipinski definition) is 5. The van der Waals surface area contributed by atoms with E-state index < -0.39 is 5.82 Å². The molecule has 0 aliphatic heterocycles. The van der Waals surface area contributed by atoms with E-state index in [1.54, 1.807) is 37.3 Å². The molecule has 146 valence electrons. The molecule has 7 nitrogen and oxygen atoms in total. The number of nitriles is 1. The van der Waals surface area contributed by atoms with Crippen LogP contribution in [0.4, 0.5) is 10.2 Å². The molecule has 2 amide bonds. The van der Waals surface area contributed by atoms with Crippen LogP contribution in [-0.4, -0.2) is 53.8 Å². The Balaban J connectivity index is 1.86. The third kappa shape index (κ3) is 6.40. The maximum absolute atomic E-state index is 13.9. The van der Waals surface area contributed by atoms with Gasteiger partial charge in [-0.05, 0) is 53.3 Å². The minimum absolute atomic E-state index is 0.00436. The molecule has 2 aromatic rings. The molecular formula is C19H19BrFN5O2. The van der Waals surface area contributed by atoms with Crippen molar-refractivity contribution in [2.75, 3.05) is 32.5 Å². The van der Waals surface area contributed by atoms with Crippen LogP contribution in [0, 0.1) is 17.1 Å². The number of aromatic nitrogens is 1. The third-order valence-corrected chi connectivity index (χ3v) is 4.29. The fourth-order valence-corrected chi connectivity index (χ4v) is 2.63. The molecule has 0 radical (unpaired) electrons. The number of pyridine rings is 1. The van der Waals surface area contributed by atoms with Gasteiger partial charge in [0.15, 0.2) is 0 Å². The third-order valence-electron chi connectivity index (χ3n) is 3.82.